The molecule has 3 N–H and O–H groups in total. The first-order chi connectivity index (χ1) is 16.3. The predicted octanol–water partition coefficient (Wildman–Crippen LogP) is 5.18. The summed E-state index contributed by atoms with van der Waals surface area (Å²) in [5, 5.41) is 15.8. The third-order valence-corrected chi connectivity index (χ3v) is 6.90. The smallest absolute Gasteiger partial charge is 0.141 e. The molecular formula is C27H35N7. The highest BCUT2D eigenvalue weighted by Crippen LogP contribution is 2.41. The lowest BCUT2D eigenvalue weighted by Gasteiger charge is -2.23. The van der Waals surface area contributed by atoms with E-state index in [9.17, 15) is 0 Å². The van der Waals surface area contributed by atoms with Crippen LogP contribution in [0.1, 0.15) is 43.4 Å². The zero-order chi connectivity index (χ0) is 24.4. The van der Waals surface area contributed by atoms with Crippen molar-refractivity contribution in [2.24, 2.45) is 16.8 Å². The third-order valence-electron chi connectivity index (χ3n) is 6.90. The Balaban J connectivity index is 1.56. The molecule has 1 aromatic carbocycles. The average Bonchev–Trinajstić information content (AvgIpc) is 3.37. The number of aromatic nitrogens is 2. The van der Waals surface area contributed by atoms with E-state index in [4.69, 9.17) is 5.41 Å². The Labute approximate surface area is 202 Å². The zero-order valence-electron chi connectivity index (χ0n) is 20.7. The molecule has 2 atom stereocenters. The summed E-state index contributed by atoms with van der Waals surface area (Å²) >= 11 is 0. The van der Waals surface area contributed by atoms with Crippen LogP contribution in [0.4, 0.5) is 17.3 Å². The van der Waals surface area contributed by atoms with Gasteiger partial charge in [-0.2, -0.15) is 0 Å². The van der Waals surface area contributed by atoms with E-state index in [1.807, 2.05) is 52.1 Å². The summed E-state index contributed by atoms with van der Waals surface area (Å²) in [6, 6.07) is 6.27. The van der Waals surface area contributed by atoms with Gasteiger partial charge in [0.2, 0.25) is 0 Å². The van der Waals surface area contributed by atoms with Crippen molar-refractivity contribution in [3.05, 3.63) is 66.1 Å². The van der Waals surface area contributed by atoms with Gasteiger partial charge < -0.3 is 15.5 Å². The maximum absolute atomic E-state index is 9.04. The number of allylic oxidation sites excluding steroid dienone is 1. The van der Waals surface area contributed by atoms with E-state index in [0.717, 1.165) is 54.2 Å². The summed E-state index contributed by atoms with van der Waals surface area (Å²) in [5.74, 6) is 2.64. The van der Waals surface area contributed by atoms with Gasteiger partial charge >= 0.3 is 0 Å². The highest BCUT2D eigenvalue weighted by atomic mass is 15.2. The number of fused-ring (bicyclic) bond motifs is 1. The van der Waals surface area contributed by atoms with Gasteiger partial charge in [0.25, 0.3) is 0 Å². The molecule has 34 heavy (non-hydrogen) atoms. The Hall–Kier alpha value is -3.48. The lowest BCUT2D eigenvalue weighted by atomic mass is 10.00. The first kappa shape index (κ1) is 23.7. The normalized spacial score (nSPS) is 21.1. The minimum Gasteiger partial charge on any atom is -0.372 e. The van der Waals surface area contributed by atoms with Crippen LogP contribution >= 0.6 is 0 Å². The van der Waals surface area contributed by atoms with Crippen LogP contribution in [0.5, 0.6) is 0 Å². The first-order valence-electron chi connectivity index (χ1n) is 11.9. The van der Waals surface area contributed by atoms with Crippen LogP contribution in [0.2, 0.25) is 0 Å². The number of aryl methyl sites for hydroxylation is 1. The lowest BCUT2D eigenvalue weighted by molar-refractivity contribution is 0.395. The van der Waals surface area contributed by atoms with Gasteiger partial charge in [-0.25, -0.2) is 9.97 Å². The zero-order valence-corrected chi connectivity index (χ0v) is 20.7. The summed E-state index contributed by atoms with van der Waals surface area (Å²) in [4.78, 5) is 15.9. The summed E-state index contributed by atoms with van der Waals surface area (Å²) in [5.41, 5.74) is 5.90. The highest BCUT2D eigenvalue weighted by molar-refractivity contribution is 6.16. The first-order valence-corrected chi connectivity index (χ1v) is 11.9. The maximum atomic E-state index is 9.04. The van der Waals surface area contributed by atoms with E-state index in [2.05, 4.69) is 43.7 Å². The molecule has 2 aliphatic rings. The maximum Gasteiger partial charge on any atom is 0.141 e. The number of nitrogens with zero attached hydrogens (tertiary/aromatic N) is 4. The van der Waals surface area contributed by atoms with E-state index >= 15 is 0 Å². The van der Waals surface area contributed by atoms with Gasteiger partial charge in [0.1, 0.15) is 18.0 Å². The van der Waals surface area contributed by atoms with Gasteiger partial charge in [0.15, 0.2) is 0 Å². The quantitative estimate of drug-likeness (QED) is 0.376. The molecule has 7 nitrogen and oxygen atoms in total. The number of aliphatic imine (C=N–C) groups is 1. The molecule has 0 amide bonds. The lowest BCUT2D eigenvalue weighted by Crippen LogP contribution is -2.25. The van der Waals surface area contributed by atoms with Crippen LogP contribution in [0.3, 0.4) is 0 Å². The van der Waals surface area contributed by atoms with Crippen LogP contribution in [0.25, 0.3) is 0 Å². The predicted molar refractivity (Wildman–Crippen MR) is 142 cm³/mol. The van der Waals surface area contributed by atoms with Crippen molar-refractivity contribution < 1.29 is 0 Å². The Morgan fingerprint density at radius 1 is 1.18 bits per heavy atom. The number of nitrogens with one attached hydrogen (secondary N) is 3. The summed E-state index contributed by atoms with van der Waals surface area (Å²) in [6.07, 6.45) is 5.57. The molecule has 1 aromatic heterocycles. The molecule has 4 rings (SSSR count). The SMILES string of the molecule is C=CC(=C)N1CC2CC(Nc3ncnc(NC)c3C(=N)c3ccc(N=C(C)C)c(C)c3)CC2C1. The number of rotatable bonds is 8. The molecule has 0 radical (unpaired) electrons. The van der Waals surface area contributed by atoms with Gasteiger partial charge in [-0.1, -0.05) is 19.2 Å². The minimum absolute atomic E-state index is 0.325. The van der Waals surface area contributed by atoms with Crippen molar-refractivity contribution in [2.75, 3.05) is 30.8 Å². The molecule has 2 fully saturated rings. The van der Waals surface area contributed by atoms with Crippen molar-refractivity contribution in [3.8, 4) is 0 Å². The van der Waals surface area contributed by atoms with E-state index in [0.29, 0.717) is 40.8 Å². The molecule has 1 aliphatic heterocycles. The fourth-order valence-electron chi connectivity index (χ4n) is 5.22. The van der Waals surface area contributed by atoms with E-state index in [-0.39, 0.29) is 0 Å². The molecule has 2 unspecified atom stereocenters. The standard InChI is InChI=1S/C27H35N7/c1-7-18(5)34-13-20-11-22(12-21(20)14-34)33-27-24(26(29-6)30-15-31-27)25(28)19-8-9-23(17(4)10-19)32-16(2)3/h7-10,15,20-22,28H,1,5,11-14H2,2-4,6H3,(H2,29,30,31,33). The van der Waals surface area contributed by atoms with Crippen molar-refractivity contribution in [1.82, 2.24) is 14.9 Å². The molecule has 7 heteroatoms. The van der Waals surface area contributed by atoms with Crippen molar-refractivity contribution in [2.45, 2.75) is 39.7 Å². The van der Waals surface area contributed by atoms with E-state index in [1.54, 1.807) is 6.33 Å². The van der Waals surface area contributed by atoms with Crippen molar-refractivity contribution >= 4 is 28.7 Å². The van der Waals surface area contributed by atoms with Gasteiger partial charge in [-0.15, -0.1) is 0 Å². The van der Waals surface area contributed by atoms with Gasteiger partial charge in [0, 0.05) is 43.2 Å². The minimum atomic E-state index is 0.325. The average molecular weight is 458 g/mol. The van der Waals surface area contributed by atoms with Crippen LogP contribution in [-0.4, -0.2) is 52.5 Å². The largest absolute Gasteiger partial charge is 0.372 e. The molecule has 1 aliphatic carbocycles. The molecule has 0 spiro atoms. The third kappa shape index (κ3) is 4.74. The molecule has 1 saturated carbocycles. The van der Waals surface area contributed by atoms with Crippen molar-refractivity contribution in [1.29, 1.82) is 5.41 Å². The molecule has 178 valence electrons. The second-order valence-electron chi connectivity index (χ2n) is 9.56. The fourth-order valence-corrected chi connectivity index (χ4v) is 5.22. The number of hydrogen-bond acceptors (Lipinski definition) is 7. The Bertz CT molecular complexity index is 1130. The van der Waals surface area contributed by atoms with E-state index < -0.39 is 0 Å². The van der Waals surface area contributed by atoms with Crippen molar-refractivity contribution in [3.63, 3.8) is 0 Å². The fraction of sp³-hybridized carbons (Fsp3) is 0.407. The second kappa shape index (κ2) is 9.79. The molecule has 0 bridgehead atoms. The topological polar surface area (TPSA) is 89.3 Å². The second-order valence-corrected chi connectivity index (χ2v) is 9.56. The van der Waals surface area contributed by atoms with Gasteiger partial charge in [0.05, 0.1) is 17.0 Å². The monoisotopic (exact) mass is 457 g/mol. The Morgan fingerprint density at radius 2 is 1.85 bits per heavy atom. The molecular weight excluding hydrogens is 422 g/mol. The number of anilines is 2. The molecule has 2 aromatic rings. The Morgan fingerprint density at radius 3 is 2.44 bits per heavy atom. The van der Waals surface area contributed by atoms with Gasteiger partial charge in [-0.05, 0) is 69.2 Å². The van der Waals surface area contributed by atoms with Crippen LogP contribution in [0.15, 0.2) is 54.4 Å². The summed E-state index contributed by atoms with van der Waals surface area (Å²) in [6.45, 7) is 16.0. The van der Waals surface area contributed by atoms with Crippen LogP contribution in [0, 0.1) is 24.2 Å². The Kier molecular flexibility index (Phi) is 6.82. The summed E-state index contributed by atoms with van der Waals surface area (Å²) < 4.78 is 0. The van der Waals surface area contributed by atoms with Gasteiger partial charge in [-0.3, -0.25) is 10.4 Å². The van der Waals surface area contributed by atoms with E-state index in [1.165, 1.54) is 0 Å². The van der Waals surface area contributed by atoms with Crippen LogP contribution in [-0.2, 0) is 0 Å². The summed E-state index contributed by atoms with van der Waals surface area (Å²) in [7, 11) is 1.83. The van der Waals surface area contributed by atoms with Crippen LogP contribution < -0.4 is 10.6 Å². The number of likely N-dealkylation sites (tertiary alicyclic amines) is 1. The number of benzene rings is 1. The molecule has 2 heterocycles. The number of hydrogen-bond donors (Lipinski definition) is 3. The highest BCUT2D eigenvalue weighted by Gasteiger charge is 2.41. The molecule has 1 saturated heterocycles.